The predicted molar refractivity (Wildman–Crippen MR) is 82.2 cm³/mol. The zero-order valence-corrected chi connectivity index (χ0v) is 12.6. The molecule has 0 aliphatic heterocycles. The van der Waals surface area contributed by atoms with Gasteiger partial charge < -0.3 is 10.1 Å². The Morgan fingerprint density at radius 2 is 2.00 bits per heavy atom. The van der Waals surface area contributed by atoms with Crippen LogP contribution in [0.15, 0.2) is 36.7 Å². The number of nitrogens with zero attached hydrogens (tertiary/aromatic N) is 1. The smallest absolute Gasteiger partial charge is 0.137 e. The van der Waals surface area contributed by atoms with Gasteiger partial charge in [0.1, 0.15) is 5.75 Å². The van der Waals surface area contributed by atoms with Crippen LogP contribution >= 0.6 is 0 Å². The Bertz CT molecular complexity index is 581. The highest BCUT2D eigenvalue weighted by Crippen LogP contribution is 2.27. The quantitative estimate of drug-likeness (QED) is 0.904. The van der Waals surface area contributed by atoms with E-state index in [4.69, 9.17) is 4.74 Å². The van der Waals surface area contributed by atoms with Crippen molar-refractivity contribution >= 4 is 0 Å². The molecule has 1 aromatic carbocycles. The number of hydrogen-bond acceptors (Lipinski definition) is 3. The van der Waals surface area contributed by atoms with Gasteiger partial charge in [-0.2, -0.15) is 0 Å². The Hall–Kier alpha value is -1.87. The van der Waals surface area contributed by atoms with Crippen LogP contribution in [0.5, 0.6) is 5.75 Å². The number of hydrogen-bond donors (Lipinski definition) is 1. The fraction of sp³-hybridized carbons (Fsp3) is 0.353. The van der Waals surface area contributed by atoms with E-state index in [0.29, 0.717) is 0 Å². The molecule has 2 rings (SSSR count). The molecule has 0 radical (unpaired) electrons. The summed E-state index contributed by atoms with van der Waals surface area (Å²) in [7, 11) is 1.67. The largest absolute Gasteiger partial charge is 0.495 e. The Balaban J connectivity index is 2.44. The molecular formula is C17H22N2O. The fourth-order valence-corrected chi connectivity index (χ4v) is 2.47. The van der Waals surface area contributed by atoms with Gasteiger partial charge in [-0.05, 0) is 43.1 Å². The highest BCUT2D eigenvalue weighted by atomic mass is 16.5. The normalized spacial score (nSPS) is 12.2. The van der Waals surface area contributed by atoms with Gasteiger partial charge in [0.15, 0.2) is 0 Å². The molecule has 1 N–H and O–H groups in total. The monoisotopic (exact) mass is 270 g/mol. The molecule has 0 spiro atoms. The van der Waals surface area contributed by atoms with Crippen LogP contribution in [0, 0.1) is 13.8 Å². The van der Waals surface area contributed by atoms with E-state index in [2.05, 4.69) is 49.3 Å². The van der Waals surface area contributed by atoms with E-state index in [-0.39, 0.29) is 6.04 Å². The summed E-state index contributed by atoms with van der Waals surface area (Å²) in [5, 5.41) is 3.53. The second-order valence-corrected chi connectivity index (χ2v) is 5.01. The summed E-state index contributed by atoms with van der Waals surface area (Å²) in [5.41, 5.74) is 4.98. The van der Waals surface area contributed by atoms with Crippen molar-refractivity contribution in [3.8, 4) is 5.75 Å². The minimum Gasteiger partial charge on any atom is -0.495 e. The second-order valence-electron chi connectivity index (χ2n) is 5.01. The van der Waals surface area contributed by atoms with Crippen LogP contribution in [0.2, 0.25) is 0 Å². The van der Waals surface area contributed by atoms with Crippen LogP contribution in [0.3, 0.4) is 0 Å². The van der Waals surface area contributed by atoms with Gasteiger partial charge >= 0.3 is 0 Å². The van der Waals surface area contributed by atoms with Crippen molar-refractivity contribution in [2.45, 2.75) is 26.8 Å². The topological polar surface area (TPSA) is 34.2 Å². The summed E-state index contributed by atoms with van der Waals surface area (Å²) in [6.07, 6.45) is 3.63. The van der Waals surface area contributed by atoms with E-state index in [0.717, 1.165) is 17.9 Å². The molecule has 1 unspecified atom stereocenters. The lowest BCUT2D eigenvalue weighted by Crippen LogP contribution is -2.23. The van der Waals surface area contributed by atoms with Crippen LogP contribution < -0.4 is 10.1 Å². The van der Waals surface area contributed by atoms with Crippen molar-refractivity contribution in [3.05, 3.63) is 58.9 Å². The molecule has 0 aliphatic rings. The standard InChI is InChI=1S/C17H22N2O/c1-5-19-17(14-9-15(20-4)11-18-10-14)16-7-6-12(2)8-13(16)3/h6-11,17,19H,5H2,1-4H3. The third-order valence-corrected chi connectivity index (χ3v) is 3.45. The number of benzene rings is 1. The number of nitrogens with one attached hydrogen (secondary N) is 1. The maximum Gasteiger partial charge on any atom is 0.137 e. The van der Waals surface area contributed by atoms with E-state index in [9.17, 15) is 0 Å². The molecule has 3 nitrogen and oxygen atoms in total. The second kappa shape index (κ2) is 6.53. The first-order chi connectivity index (χ1) is 9.65. The molecule has 2 aromatic rings. The molecule has 0 saturated heterocycles. The fourth-order valence-electron chi connectivity index (χ4n) is 2.47. The number of rotatable bonds is 5. The van der Waals surface area contributed by atoms with Crippen molar-refractivity contribution < 1.29 is 4.74 Å². The minimum atomic E-state index is 0.142. The molecule has 0 saturated carbocycles. The Morgan fingerprint density at radius 1 is 1.20 bits per heavy atom. The van der Waals surface area contributed by atoms with Crippen molar-refractivity contribution in [3.63, 3.8) is 0 Å². The number of aromatic nitrogens is 1. The molecular weight excluding hydrogens is 248 g/mol. The van der Waals surface area contributed by atoms with Crippen molar-refractivity contribution in [2.75, 3.05) is 13.7 Å². The summed E-state index contributed by atoms with van der Waals surface area (Å²) < 4.78 is 5.28. The van der Waals surface area contributed by atoms with Gasteiger partial charge in [-0.25, -0.2) is 0 Å². The van der Waals surface area contributed by atoms with E-state index in [1.165, 1.54) is 16.7 Å². The van der Waals surface area contributed by atoms with Crippen LogP contribution in [0.4, 0.5) is 0 Å². The lowest BCUT2D eigenvalue weighted by atomic mass is 9.94. The van der Waals surface area contributed by atoms with Crippen LogP contribution in [0.1, 0.15) is 35.2 Å². The number of aryl methyl sites for hydroxylation is 2. The predicted octanol–water partition coefficient (Wildman–Crippen LogP) is 3.41. The van der Waals surface area contributed by atoms with E-state index >= 15 is 0 Å². The molecule has 1 atom stereocenters. The molecule has 106 valence electrons. The van der Waals surface area contributed by atoms with Gasteiger partial charge in [-0.1, -0.05) is 30.7 Å². The highest BCUT2D eigenvalue weighted by Gasteiger charge is 2.16. The third kappa shape index (κ3) is 3.17. The van der Waals surface area contributed by atoms with Crippen LogP contribution in [-0.4, -0.2) is 18.6 Å². The third-order valence-electron chi connectivity index (χ3n) is 3.45. The summed E-state index contributed by atoms with van der Waals surface area (Å²) in [6.45, 7) is 7.28. The molecule has 0 bridgehead atoms. The van der Waals surface area contributed by atoms with Gasteiger partial charge in [0.25, 0.3) is 0 Å². The summed E-state index contributed by atoms with van der Waals surface area (Å²) in [6, 6.07) is 8.74. The first-order valence-electron chi connectivity index (χ1n) is 6.95. The first kappa shape index (κ1) is 14.5. The Morgan fingerprint density at radius 3 is 2.65 bits per heavy atom. The molecule has 1 aromatic heterocycles. The molecule has 1 heterocycles. The first-order valence-corrected chi connectivity index (χ1v) is 6.95. The van der Waals surface area contributed by atoms with Gasteiger partial charge in [0, 0.05) is 6.20 Å². The van der Waals surface area contributed by atoms with Gasteiger partial charge in [-0.3, -0.25) is 4.98 Å². The number of methoxy groups -OCH3 is 1. The lowest BCUT2D eigenvalue weighted by molar-refractivity contribution is 0.411. The van der Waals surface area contributed by atoms with Gasteiger partial charge in [0.05, 0.1) is 19.3 Å². The number of ether oxygens (including phenoxy) is 1. The van der Waals surface area contributed by atoms with E-state index in [1.807, 2.05) is 12.3 Å². The van der Waals surface area contributed by atoms with Crippen LogP contribution in [-0.2, 0) is 0 Å². The molecule has 3 heteroatoms. The maximum absolute atomic E-state index is 5.28. The molecule has 0 fully saturated rings. The van der Waals surface area contributed by atoms with Crippen LogP contribution in [0.25, 0.3) is 0 Å². The Kier molecular flexibility index (Phi) is 4.74. The molecule has 0 amide bonds. The van der Waals surface area contributed by atoms with E-state index < -0.39 is 0 Å². The summed E-state index contributed by atoms with van der Waals surface area (Å²) in [5.74, 6) is 0.787. The SMILES string of the molecule is CCNC(c1cncc(OC)c1)c1ccc(C)cc1C. The van der Waals surface area contributed by atoms with E-state index in [1.54, 1.807) is 13.3 Å². The molecule has 20 heavy (non-hydrogen) atoms. The van der Waals surface area contributed by atoms with Crippen molar-refractivity contribution in [1.29, 1.82) is 0 Å². The van der Waals surface area contributed by atoms with Gasteiger partial charge in [0.2, 0.25) is 0 Å². The minimum absolute atomic E-state index is 0.142. The maximum atomic E-state index is 5.28. The molecule has 0 aliphatic carbocycles. The average molecular weight is 270 g/mol. The average Bonchev–Trinajstić information content (AvgIpc) is 2.45. The Labute approximate surface area is 121 Å². The lowest BCUT2D eigenvalue weighted by Gasteiger charge is -2.21. The summed E-state index contributed by atoms with van der Waals surface area (Å²) in [4.78, 5) is 4.27. The van der Waals surface area contributed by atoms with Crippen molar-refractivity contribution in [2.24, 2.45) is 0 Å². The zero-order valence-electron chi connectivity index (χ0n) is 12.6. The highest BCUT2D eigenvalue weighted by molar-refractivity contribution is 5.39. The zero-order chi connectivity index (χ0) is 14.5. The number of pyridine rings is 1. The van der Waals surface area contributed by atoms with Gasteiger partial charge in [-0.15, -0.1) is 0 Å². The van der Waals surface area contributed by atoms with Crippen molar-refractivity contribution in [1.82, 2.24) is 10.3 Å². The summed E-state index contributed by atoms with van der Waals surface area (Å²) >= 11 is 0.